The summed E-state index contributed by atoms with van der Waals surface area (Å²) in [7, 11) is 0. The lowest BCUT2D eigenvalue weighted by atomic mass is 10.1. The van der Waals surface area contributed by atoms with Crippen LogP contribution in [0.15, 0.2) is 4.99 Å². The Bertz CT molecular complexity index is 781. The van der Waals surface area contributed by atoms with Crippen LogP contribution in [0.1, 0.15) is 32.1 Å². The molecule has 206 valence electrons. The molecule has 4 amide bonds. The van der Waals surface area contributed by atoms with E-state index in [-0.39, 0.29) is 31.8 Å². The van der Waals surface area contributed by atoms with E-state index in [1.54, 1.807) is 0 Å². The van der Waals surface area contributed by atoms with Crippen molar-refractivity contribution in [2.24, 2.45) is 27.9 Å². The molecule has 0 aromatic heterocycles. The van der Waals surface area contributed by atoms with Crippen LogP contribution in [0, 0.1) is 0 Å². The molecule has 0 radical (unpaired) electrons. The Morgan fingerprint density at radius 1 is 0.806 bits per heavy atom. The number of nitrogens with zero attached hydrogens (tertiary/aromatic N) is 1. The average molecular weight is 551 g/mol. The third-order valence-electron chi connectivity index (χ3n) is 4.81. The molecule has 0 bridgehead atoms. The number of hydrogen-bond donors (Lipinski definition) is 8. The van der Waals surface area contributed by atoms with Gasteiger partial charge in [-0.3, -0.25) is 24.2 Å². The van der Waals surface area contributed by atoms with Crippen LogP contribution < -0.4 is 38.9 Å². The SMILES string of the molecule is CSCCC(NC(=O)C(CCSC)NC(=O)C(CCCN=C(N)N)NC(=O)C(N)CC(N)=O)C(=O)O. The van der Waals surface area contributed by atoms with Gasteiger partial charge in [0.1, 0.15) is 18.1 Å². The number of thioether (sulfide) groups is 2. The summed E-state index contributed by atoms with van der Waals surface area (Å²) in [6.07, 6.45) is 4.07. The summed E-state index contributed by atoms with van der Waals surface area (Å²) >= 11 is 2.88. The number of aliphatic imine (C=N–C) groups is 1. The summed E-state index contributed by atoms with van der Waals surface area (Å²) < 4.78 is 0. The number of primary amides is 1. The number of nitrogens with one attached hydrogen (secondary N) is 3. The Morgan fingerprint density at radius 2 is 1.28 bits per heavy atom. The highest BCUT2D eigenvalue weighted by Crippen LogP contribution is 2.07. The van der Waals surface area contributed by atoms with Gasteiger partial charge >= 0.3 is 5.97 Å². The summed E-state index contributed by atoms with van der Waals surface area (Å²) in [5, 5.41) is 16.9. The Kier molecular flexibility index (Phi) is 17.1. The number of nitrogens with two attached hydrogens (primary N) is 4. The zero-order chi connectivity index (χ0) is 27.7. The first-order valence-corrected chi connectivity index (χ1v) is 13.9. The standard InChI is InChI=1S/C20H38N8O6S2/c1-35-8-5-13(18(32)28-14(19(33)34)6-9-36-2)27-17(31)12(4-3-7-25-20(23)24)26-16(30)11(21)10-15(22)29/h11-14H,3-10,21H2,1-2H3,(H2,22,29)(H,26,30)(H,27,31)(H,28,32)(H,33,34)(H4,23,24,25). The Morgan fingerprint density at radius 3 is 1.75 bits per heavy atom. The maximum Gasteiger partial charge on any atom is 0.326 e. The van der Waals surface area contributed by atoms with Crippen LogP contribution in [-0.4, -0.2) is 95.4 Å². The fourth-order valence-electron chi connectivity index (χ4n) is 2.90. The van der Waals surface area contributed by atoms with Gasteiger partial charge in [0.15, 0.2) is 5.96 Å². The van der Waals surface area contributed by atoms with E-state index in [4.69, 9.17) is 22.9 Å². The van der Waals surface area contributed by atoms with Crippen molar-refractivity contribution < 1.29 is 29.1 Å². The molecule has 0 heterocycles. The molecule has 0 aromatic carbocycles. The molecule has 12 N–H and O–H groups in total. The topological polar surface area (TPSA) is 258 Å². The lowest BCUT2D eigenvalue weighted by Gasteiger charge is -2.25. The van der Waals surface area contributed by atoms with Gasteiger partial charge in [-0.2, -0.15) is 23.5 Å². The van der Waals surface area contributed by atoms with Crippen LogP contribution in [-0.2, 0) is 24.0 Å². The number of amides is 4. The molecule has 0 aromatic rings. The molecule has 4 unspecified atom stereocenters. The van der Waals surface area contributed by atoms with Gasteiger partial charge < -0.3 is 44.0 Å². The minimum absolute atomic E-state index is 0.0972. The van der Waals surface area contributed by atoms with Crippen molar-refractivity contribution in [2.75, 3.05) is 30.6 Å². The van der Waals surface area contributed by atoms with E-state index in [1.165, 1.54) is 23.5 Å². The highest BCUT2D eigenvalue weighted by Gasteiger charge is 2.30. The number of hydrogen-bond acceptors (Lipinski definition) is 9. The summed E-state index contributed by atoms with van der Waals surface area (Å²) in [4.78, 5) is 64.8. The van der Waals surface area contributed by atoms with E-state index in [9.17, 15) is 29.1 Å². The van der Waals surface area contributed by atoms with Crippen molar-refractivity contribution in [3.8, 4) is 0 Å². The van der Waals surface area contributed by atoms with Gasteiger partial charge in [0.05, 0.1) is 12.5 Å². The van der Waals surface area contributed by atoms with Crippen molar-refractivity contribution >= 4 is 59.1 Å². The Balaban J connectivity index is 5.55. The molecule has 14 nitrogen and oxygen atoms in total. The van der Waals surface area contributed by atoms with Gasteiger partial charge in [-0.15, -0.1) is 0 Å². The zero-order valence-electron chi connectivity index (χ0n) is 20.5. The van der Waals surface area contributed by atoms with Gasteiger partial charge in [-0.1, -0.05) is 0 Å². The van der Waals surface area contributed by atoms with Crippen molar-refractivity contribution in [3.05, 3.63) is 0 Å². The zero-order valence-corrected chi connectivity index (χ0v) is 22.2. The molecule has 0 rings (SSSR count). The molecule has 4 atom stereocenters. The molecule has 0 saturated carbocycles. The lowest BCUT2D eigenvalue weighted by molar-refractivity contribution is -0.142. The third-order valence-corrected chi connectivity index (χ3v) is 6.09. The largest absolute Gasteiger partial charge is 0.480 e. The van der Waals surface area contributed by atoms with E-state index in [1.807, 2.05) is 12.5 Å². The first-order valence-electron chi connectivity index (χ1n) is 11.1. The predicted molar refractivity (Wildman–Crippen MR) is 141 cm³/mol. The molecule has 0 spiro atoms. The lowest BCUT2D eigenvalue weighted by Crippen LogP contribution is -2.57. The average Bonchev–Trinajstić information content (AvgIpc) is 2.79. The summed E-state index contributed by atoms with van der Waals surface area (Å²) in [5.41, 5.74) is 21.4. The number of carboxylic acids is 1. The van der Waals surface area contributed by atoms with Crippen molar-refractivity contribution in [3.63, 3.8) is 0 Å². The van der Waals surface area contributed by atoms with Gasteiger partial charge in [-0.25, -0.2) is 4.79 Å². The monoisotopic (exact) mass is 550 g/mol. The fourth-order valence-corrected chi connectivity index (χ4v) is 3.85. The molecule has 0 fully saturated rings. The van der Waals surface area contributed by atoms with Crippen LogP contribution in [0.3, 0.4) is 0 Å². The maximum absolute atomic E-state index is 13.1. The van der Waals surface area contributed by atoms with Crippen LogP contribution >= 0.6 is 23.5 Å². The summed E-state index contributed by atoms with van der Waals surface area (Å²) in [6, 6.07) is -4.54. The number of carboxylic acid groups (broad SMARTS) is 1. The number of aliphatic carboxylic acids is 1. The summed E-state index contributed by atoms with van der Waals surface area (Å²) in [5.74, 6) is -3.18. The molecular formula is C20H38N8O6S2. The molecular weight excluding hydrogens is 512 g/mol. The molecule has 0 aliphatic heterocycles. The van der Waals surface area contributed by atoms with Crippen LogP contribution in [0.5, 0.6) is 0 Å². The summed E-state index contributed by atoms with van der Waals surface area (Å²) in [6.45, 7) is 0.182. The van der Waals surface area contributed by atoms with E-state index >= 15 is 0 Å². The van der Waals surface area contributed by atoms with E-state index in [2.05, 4.69) is 20.9 Å². The van der Waals surface area contributed by atoms with Gasteiger partial charge in [0.2, 0.25) is 23.6 Å². The minimum atomic E-state index is -1.26. The number of guanidine groups is 1. The Hall–Kier alpha value is -2.72. The highest BCUT2D eigenvalue weighted by molar-refractivity contribution is 7.98. The van der Waals surface area contributed by atoms with Crippen molar-refractivity contribution in [1.82, 2.24) is 16.0 Å². The number of carbonyl (C=O) groups is 5. The highest BCUT2D eigenvalue weighted by atomic mass is 32.2. The van der Waals surface area contributed by atoms with Crippen LogP contribution in [0.2, 0.25) is 0 Å². The fraction of sp³-hybridized carbons (Fsp3) is 0.700. The Labute approximate surface area is 218 Å². The van der Waals surface area contributed by atoms with E-state index < -0.39 is 60.2 Å². The van der Waals surface area contributed by atoms with Gasteiger partial charge in [0, 0.05) is 6.54 Å². The van der Waals surface area contributed by atoms with Crippen molar-refractivity contribution in [2.45, 2.75) is 56.3 Å². The number of rotatable bonds is 19. The first kappa shape index (κ1) is 33.3. The van der Waals surface area contributed by atoms with Crippen molar-refractivity contribution in [1.29, 1.82) is 0 Å². The minimum Gasteiger partial charge on any atom is -0.480 e. The van der Waals surface area contributed by atoms with E-state index in [0.29, 0.717) is 17.9 Å². The smallest absolute Gasteiger partial charge is 0.326 e. The van der Waals surface area contributed by atoms with E-state index in [0.717, 1.165) is 0 Å². The third kappa shape index (κ3) is 14.6. The number of carbonyl (C=O) groups excluding carboxylic acids is 4. The quantitative estimate of drug-likeness (QED) is 0.0465. The molecule has 0 aliphatic carbocycles. The maximum atomic E-state index is 13.1. The van der Waals surface area contributed by atoms with Gasteiger partial charge in [-0.05, 0) is 49.7 Å². The molecule has 36 heavy (non-hydrogen) atoms. The molecule has 0 saturated heterocycles. The molecule has 0 aliphatic rings. The first-order chi connectivity index (χ1) is 16.9. The molecule has 16 heteroatoms. The van der Waals surface area contributed by atoms with Gasteiger partial charge in [0.25, 0.3) is 0 Å². The van der Waals surface area contributed by atoms with Crippen LogP contribution in [0.4, 0.5) is 0 Å². The van der Waals surface area contributed by atoms with Crippen LogP contribution in [0.25, 0.3) is 0 Å². The second-order valence-corrected chi connectivity index (χ2v) is 9.78. The normalized spacial score (nSPS) is 14.0. The second-order valence-electron chi connectivity index (χ2n) is 7.81. The second kappa shape index (κ2) is 18.5. The predicted octanol–water partition coefficient (Wildman–Crippen LogP) is -2.71.